The highest BCUT2D eigenvalue weighted by atomic mass is 16.1. The maximum atomic E-state index is 10.9. The molecule has 0 N–H and O–H groups in total. The van der Waals surface area contributed by atoms with Crippen LogP contribution in [0, 0.1) is 5.41 Å². The van der Waals surface area contributed by atoms with Gasteiger partial charge >= 0.3 is 0 Å². The van der Waals surface area contributed by atoms with Gasteiger partial charge in [0.25, 0.3) is 0 Å². The molecule has 0 aromatic heterocycles. The van der Waals surface area contributed by atoms with Gasteiger partial charge in [0.1, 0.15) is 11.6 Å². The molecule has 0 amide bonds. The maximum absolute atomic E-state index is 10.9. The quantitative estimate of drug-likeness (QED) is 0.527. The topological polar surface area (TPSA) is 34.1 Å². The molecule has 2 nitrogen and oxygen atoms in total. The maximum Gasteiger partial charge on any atom is 0.134 e. The summed E-state index contributed by atoms with van der Waals surface area (Å²) in [5, 5.41) is 0. The first-order chi connectivity index (χ1) is 5.20. The van der Waals surface area contributed by atoms with Gasteiger partial charge in [-0.2, -0.15) is 0 Å². The van der Waals surface area contributed by atoms with Crippen molar-refractivity contribution in [2.24, 2.45) is 5.41 Å². The Balaban J connectivity index is 1.97. The molecular weight excluding hydrogens is 140 g/mol. The first kappa shape index (κ1) is 7.01. The van der Waals surface area contributed by atoms with Gasteiger partial charge in [0.2, 0.25) is 0 Å². The van der Waals surface area contributed by atoms with E-state index in [9.17, 15) is 9.59 Å². The summed E-state index contributed by atoms with van der Waals surface area (Å²) < 4.78 is 0. The standard InChI is InChI=1S/C9H12O2/c10-7-1-3-9(4-2-7)5-8(11)6-9/h1-6H2. The van der Waals surface area contributed by atoms with Gasteiger partial charge in [-0.3, -0.25) is 9.59 Å². The van der Waals surface area contributed by atoms with Gasteiger partial charge in [-0.1, -0.05) is 0 Å². The zero-order valence-corrected chi connectivity index (χ0v) is 6.56. The minimum atomic E-state index is 0.283. The monoisotopic (exact) mass is 152 g/mol. The Bertz CT molecular complexity index is 198. The zero-order chi connectivity index (χ0) is 7.90. The van der Waals surface area contributed by atoms with Crippen molar-refractivity contribution in [2.75, 3.05) is 0 Å². The van der Waals surface area contributed by atoms with E-state index in [2.05, 4.69) is 0 Å². The molecule has 0 atom stereocenters. The van der Waals surface area contributed by atoms with Crippen molar-refractivity contribution >= 4 is 11.6 Å². The number of hydrogen-bond donors (Lipinski definition) is 0. The van der Waals surface area contributed by atoms with E-state index in [0.717, 1.165) is 25.7 Å². The first-order valence-electron chi connectivity index (χ1n) is 4.24. The molecule has 2 heteroatoms. The van der Waals surface area contributed by atoms with Crippen LogP contribution in [0.4, 0.5) is 0 Å². The molecule has 0 aromatic rings. The lowest BCUT2D eigenvalue weighted by molar-refractivity contribution is -0.138. The van der Waals surface area contributed by atoms with Crippen molar-refractivity contribution in [1.82, 2.24) is 0 Å². The third-order valence-electron chi connectivity index (χ3n) is 3.01. The van der Waals surface area contributed by atoms with Crippen molar-refractivity contribution in [1.29, 1.82) is 0 Å². The smallest absolute Gasteiger partial charge is 0.134 e. The molecule has 0 unspecified atom stereocenters. The summed E-state index contributed by atoms with van der Waals surface area (Å²) in [6.07, 6.45) is 4.87. The number of carbonyl (C=O) groups excluding carboxylic acids is 2. The first-order valence-corrected chi connectivity index (χ1v) is 4.24. The van der Waals surface area contributed by atoms with Crippen LogP contribution in [0.15, 0.2) is 0 Å². The Morgan fingerprint density at radius 1 is 0.909 bits per heavy atom. The molecule has 2 aliphatic carbocycles. The Hall–Kier alpha value is -0.660. The van der Waals surface area contributed by atoms with Crippen LogP contribution in [0.3, 0.4) is 0 Å². The normalized spacial score (nSPS) is 28.7. The van der Waals surface area contributed by atoms with E-state index in [1.165, 1.54) is 0 Å². The molecule has 2 fully saturated rings. The average molecular weight is 152 g/mol. The van der Waals surface area contributed by atoms with Gasteiger partial charge in [0.15, 0.2) is 0 Å². The minimum Gasteiger partial charge on any atom is -0.300 e. The Morgan fingerprint density at radius 2 is 1.45 bits per heavy atom. The van der Waals surface area contributed by atoms with Gasteiger partial charge in [-0.15, -0.1) is 0 Å². The van der Waals surface area contributed by atoms with Crippen molar-refractivity contribution < 1.29 is 9.59 Å². The molecule has 2 rings (SSSR count). The van der Waals surface area contributed by atoms with Crippen LogP contribution in [-0.4, -0.2) is 11.6 Å². The van der Waals surface area contributed by atoms with Crippen molar-refractivity contribution in [2.45, 2.75) is 38.5 Å². The van der Waals surface area contributed by atoms with Crippen LogP contribution in [0.1, 0.15) is 38.5 Å². The second-order valence-electron chi connectivity index (χ2n) is 3.93. The van der Waals surface area contributed by atoms with E-state index in [0.29, 0.717) is 24.4 Å². The van der Waals surface area contributed by atoms with Crippen LogP contribution < -0.4 is 0 Å². The molecule has 2 aliphatic rings. The zero-order valence-electron chi connectivity index (χ0n) is 6.56. The molecule has 2 saturated carbocycles. The highest BCUT2D eigenvalue weighted by Crippen LogP contribution is 2.48. The van der Waals surface area contributed by atoms with Crippen LogP contribution in [0.2, 0.25) is 0 Å². The fraction of sp³-hybridized carbons (Fsp3) is 0.778. The van der Waals surface area contributed by atoms with E-state index in [4.69, 9.17) is 0 Å². The molecule has 0 aromatic carbocycles. The summed E-state index contributed by atoms with van der Waals surface area (Å²) in [6, 6.07) is 0. The van der Waals surface area contributed by atoms with Crippen LogP contribution >= 0.6 is 0 Å². The van der Waals surface area contributed by atoms with Gasteiger partial charge in [0.05, 0.1) is 0 Å². The number of ketones is 2. The highest BCUT2D eigenvalue weighted by Gasteiger charge is 2.44. The lowest BCUT2D eigenvalue weighted by Crippen LogP contribution is -2.40. The largest absolute Gasteiger partial charge is 0.300 e. The number of rotatable bonds is 0. The van der Waals surface area contributed by atoms with Crippen molar-refractivity contribution in [3.63, 3.8) is 0 Å². The van der Waals surface area contributed by atoms with Gasteiger partial charge in [-0.05, 0) is 18.3 Å². The van der Waals surface area contributed by atoms with Crippen molar-refractivity contribution in [3.8, 4) is 0 Å². The lowest BCUT2D eigenvalue weighted by atomic mass is 9.60. The summed E-state index contributed by atoms with van der Waals surface area (Å²) in [7, 11) is 0. The highest BCUT2D eigenvalue weighted by molar-refractivity contribution is 5.88. The molecule has 11 heavy (non-hydrogen) atoms. The molecule has 0 radical (unpaired) electrons. The van der Waals surface area contributed by atoms with Crippen LogP contribution in [-0.2, 0) is 9.59 Å². The molecule has 0 saturated heterocycles. The summed E-state index contributed by atoms with van der Waals surface area (Å²) >= 11 is 0. The summed E-state index contributed by atoms with van der Waals surface area (Å²) in [5.74, 6) is 0.773. The second kappa shape index (κ2) is 2.16. The van der Waals surface area contributed by atoms with Crippen LogP contribution in [0.5, 0.6) is 0 Å². The predicted octanol–water partition coefficient (Wildman–Crippen LogP) is 1.48. The molecule has 60 valence electrons. The van der Waals surface area contributed by atoms with E-state index >= 15 is 0 Å². The van der Waals surface area contributed by atoms with E-state index < -0.39 is 0 Å². The third kappa shape index (κ3) is 1.10. The number of hydrogen-bond acceptors (Lipinski definition) is 2. The fourth-order valence-corrected chi connectivity index (χ4v) is 2.20. The van der Waals surface area contributed by atoms with Gasteiger partial charge in [0, 0.05) is 25.7 Å². The molecule has 0 bridgehead atoms. The molecule has 0 heterocycles. The average Bonchev–Trinajstić information content (AvgIpc) is 1.92. The SMILES string of the molecule is O=C1CCC2(CC1)CC(=O)C2. The molecule has 0 aliphatic heterocycles. The number of carbonyl (C=O) groups is 2. The third-order valence-corrected chi connectivity index (χ3v) is 3.01. The van der Waals surface area contributed by atoms with Crippen LogP contribution in [0.25, 0.3) is 0 Å². The van der Waals surface area contributed by atoms with E-state index in [-0.39, 0.29) is 5.41 Å². The summed E-state index contributed by atoms with van der Waals surface area (Å²) in [4.78, 5) is 21.7. The van der Waals surface area contributed by atoms with Crippen molar-refractivity contribution in [3.05, 3.63) is 0 Å². The Morgan fingerprint density at radius 3 is 1.91 bits per heavy atom. The van der Waals surface area contributed by atoms with E-state index in [1.54, 1.807) is 0 Å². The van der Waals surface area contributed by atoms with E-state index in [1.807, 2.05) is 0 Å². The fourth-order valence-electron chi connectivity index (χ4n) is 2.20. The lowest BCUT2D eigenvalue weighted by Gasteiger charge is -2.42. The van der Waals surface area contributed by atoms with Gasteiger partial charge < -0.3 is 0 Å². The summed E-state index contributed by atoms with van der Waals surface area (Å²) in [6.45, 7) is 0. The Kier molecular flexibility index (Phi) is 1.38. The minimum absolute atomic E-state index is 0.283. The van der Waals surface area contributed by atoms with Gasteiger partial charge in [-0.25, -0.2) is 0 Å². The second-order valence-corrected chi connectivity index (χ2v) is 3.93. The molecule has 1 spiro atoms. The summed E-state index contributed by atoms with van der Waals surface area (Å²) in [5.41, 5.74) is 0.283. The predicted molar refractivity (Wildman–Crippen MR) is 40.1 cm³/mol. The Labute approximate surface area is 66.0 Å². The number of Topliss-reactive ketones (excluding diaryl/α,β-unsaturated/α-hetero) is 2. The molecular formula is C9H12O2.